The molecule has 1 heterocycles. The van der Waals surface area contributed by atoms with Gasteiger partial charge in [-0.2, -0.15) is 0 Å². The lowest BCUT2D eigenvalue weighted by Crippen LogP contribution is -2.35. The van der Waals surface area contributed by atoms with Crippen molar-refractivity contribution in [3.05, 3.63) is 0 Å². The van der Waals surface area contributed by atoms with Gasteiger partial charge in [0.25, 0.3) is 0 Å². The lowest BCUT2D eigenvalue weighted by molar-refractivity contribution is 0.192. The third kappa shape index (κ3) is 2.76. The van der Waals surface area contributed by atoms with Gasteiger partial charge in [-0.05, 0) is 13.3 Å². The van der Waals surface area contributed by atoms with E-state index in [-0.39, 0.29) is 11.8 Å². The van der Waals surface area contributed by atoms with Crippen LogP contribution in [0.4, 0.5) is 0 Å². The highest BCUT2D eigenvalue weighted by Crippen LogP contribution is 2.04. The van der Waals surface area contributed by atoms with Crippen molar-refractivity contribution in [2.24, 2.45) is 0 Å². The van der Waals surface area contributed by atoms with E-state index in [0.29, 0.717) is 13.2 Å². The van der Waals surface area contributed by atoms with Crippen molar-refractivity contribution in [1.29, 1.82) is 0 Å². The minimum Gasteiger partial charge on any atom is -0.380 e. The summed E-state index contributed by atoms with van der Waals surface area (Å²) in [5.74, 6) is 0.142. The molecule has 0 aromatic carbocycles. The lowest BCUT2D eigenvalue weighted by Gasteiger charge is -2.08. The Bertz CT molecular complexity index is 206. The van der Waals surface area contributed by atoms with Crippen molar-refractivity contribution < 1.29 is 13.2 Å². The van der Waals surface area contributed by atoms with Gasteiger partial charge in [-0.15, -0.1) is 0 Å². The third-order valence-corrected chi connectivity index (χ3v) is 3.11. The minimum atomic E-state index is -3.03. The smallest absolute Gasteiger partial charge is 0.211 e. The average molecular weight is 179 g/mol. The summed E-state index contributed by atoms with van der Waals surface area (Å²) < 4.78 is 29.5. The van der Waals surface area contributed by atoms with E-state index in [1.807, 2.05) is 0 Å². The molecule has 1 aliphatic heterocycles. The van der Waals surface area contributed by atoms with Crippen LogP contribution in [0.5, 0.6) is 0 Å². The Labute approximate surface area is 67.0 Å². The quantitative estimate of drug-likeness (QED) is 0.648. The Morgan fingerprint density at radius 1 is 1.64 bits per heavy atom. The molecule has 11 heavy (non-hydrogen) atoms. The molecule has 66 valence electrons. The number of nitrogens with one attached hydrogen (secondary N) is 1. The SMILES string of the molecule is CCS(=O)(=O)NC1CCOC1. The molecule has 0 amide bonds. The number of ether oxygens (including phenoxy) is 1. The highest BCUT2D eigenvalue weighted by atomic mass is 32.2. The number of rotatable bonds is 3. The second-order valence-corrected chi connectivity index (χ2v) is 4.62. The fourth-order valence-corrected chi connectivity index (χ4v) is 1.83. The first-order valence-corrected chi connectivity index (χ1v) is 5.37. The van der Waals surface area contributed by atoms with Gasteiger partial charge >= 0.3 is 0 Å². The lowest BCUT2D eigenvalue weighted by atomic mass is 10.3. The molecule has 0 bridgehead atoms. The Balaban J connectivity index is 2.41. The van der Waals surface area contributed by atoms with E-state index < -0.39 is 10.0 Å². The molecule has 0 spiro atoms. The molecule has 0 saturated carbocycles. The average Bonchev–Trinajstić information content (AvgIpc) is 2.39. The van der Waals surface area contributed by atoms with Gasteiger partial charge in [0.15, 0.2) is 0 Å². The van der Waals surface area contributed by atoms with Crippen molar-refractivity contribution >= 4 is 10.0 Å². The number of hydrogen-bond donors (Lipinski definition) is 1. The summed E-state index contributed by atoms with van der Waals surface area (Å²) in [6.45, 7) is 2.80. The first-order valence-electron chi connectivity index (χ1n) is 3.72. The van der Waals surface area contributed by atoms with Gasteiger partial charge in [0, 0.05) is 12.6 Å². The topological polar surface area (TPSA) is 55.4 Å². The largest absolute Gasteiger partial charge is 0.380 e. The van der Waals surface area contributed by atoms with Crippen molar-refractivity contribution in [2.75, 3.05) is 19.0 Å². The molecule has 1 atom stereocenters. The van der Waals surface area contributed by atoms with Gasteiger partial charge < -0.3 is 4.74 Å². The van der Waals surface area contributed by atoms with E-state index in [9.17, 15) is 8.42 Å². The number of sulfonamides is 1. The van der Waals surface area contributed by atoms with E-state index >= 15 is 0 Å². The van der Waals surface area contributed by atoms with Crippen LogP contribution in [-0.2, 0) is 14.8 Å². The van der Waals surface area contributed by atoms with Gasteiger partial charge in [0.05, 0.1) is 12.4 Å². The molecule has 1 N–H and O–H groups in total. The summed E-state index contributed by atoms with van der Waals surface area (Å²) in [4.78, 5) is 0. The summed E-state index contributed by atoms with van der Waals surface area (Å²) in [7, 11) is -3.03. The Kier molecular flexibility index (Phi) is 2.86. The second kappa shape index (κ2) is 3.51. The van der Waals surface area contributed by atoms with Gasteiger partial charge in [-0.3, -0.25) is 0 Å². The van der Waals surface area contributed by atoms with Crippen LogP contribution < -0.4 is 4.72 Å². The molecule has 0 radical (unpaired) electrons. The fourth-order valence-electron chi connectivity index (χ4n) is 0.965. The molecule has 0 aliphatic carbocycles. The van der Waals surface area contributed by atoms with Crippen molar-refractivity contribution in [2.45, 2.75) is 19.4 Å². The molecular formula is C6H13NO3S. The molecule has 1 saturated heterocycles. The second-order valence-electron chi connectivity index (χ2n) is 2.58. The molecule has 4 nitrogen and oxygen atoms in total. The van der Waals surface area contributed by atoms with Crippen molar-refractivity contribution in [1.82, 2.24) is 4.72 Å². The highest BCUT2D eigenvalue weighted by molar-refractivity contribution is 7.89. The Morgan fingerprint density at radius 2 is 2.36 bits per heavy atom. The molecular weight excluding hydrogens is 166 g/mol. The van der Waals surface area contributed by atoms with Gasteiger partial charge in [0.1, 0.15) is 0 Å². The van der Waals surface area contributed by atoms with Gasteiger partial charge in [0.2, 0.25) is 10.0 Å². The van der Waals surface area contributed by atoms with Crippen LogP contribution in [0.25, 0.3) is 0 Å². The maximum Gasteiger partial charge on any atom is 0.211 e. The summed E-state index contributed by atoms with van der Waals surface area (Å²) in [5, 5.41) is 0. The highest BCUT2D eigenvalue weighted by Gasteiger charge is 2.20. The fraction of sp³-hybridized carbons (Fsp3) is 1.00. The van der Waals surface area contributed by atoms with E-state index in [0.717, 1.165) is 6.42 Å². The Morgan fingerprint density at radius 3 is 2.82 bits per heavy atom. The summed E-state index contributed by atoms with van der Waals surface area (Å²) >= 11 is 0. The maximum atomic E-state index is 11.0. The van der Waals surface area contributed by atoms with Gasteiger partial charge in [-0.1, -0.05) is 0 Å². The molecule has 1 fully saturated rings. The Hall–Kier alpha value is -0.130. The summed E-state index contributed by atoms with van der Waals surface area (Å²) in [6.07, 6.45) is 0.791. The zero-order valence-electron chi connectivity index (χ0n) is 6.54. The minimum absolute atomic E-state index is 0.0000463. The van der Waals surface area contributed by atoms with Crippen LogP contribution in [-0.4, -0.2) is 33.4 Å². The van der Waals surface area contributed by atoms with E-state index in [1.54, 1.807) is 6.92 Å². The first-order chi connectivity index (χ1) is 5.14. The zero-order valence-corrected chi connectivity index (χ0v) is 7.36. The number of hydrogen-bond acceptors (Lipinski definition) is 3. The van der Waals surface area contributed by atoms with Crippen molar-refractivity contribution in [3.8, 4) is 0 Å². The monoisotopic (exact) mass is 179 g/mol. The summed E-state index contributed by atoms with van der Waals surface area (Å²) in [6, 6.07) is -0.0000463. The molecule has 1 rings (SSSR count). The van der Waals surface area contributed by atoms with Crippen LogP contribution >= 0.6 is 0 Å². The predicted octanol–water partition coefficient (Wildman–Crippen LogP) is -0.285. The molecule has 1 aliphatic rings. The first kappa shape index (κ1) is 8.96. The normalized spacial score (nSPS) is 25.7. The molecule has 0 aromatic rings. The van der Waals surface area contributed by atoms with Crippen LogP contribution in [0.2, 0.25) is 0 Å². The van der Waals surface area contributed by atoms with E-state index in [1.165, 1.54) is 0 Å². The standard InChI is InChI=1S/C6H13NO3S/c1-2-11(8,9)7-6-3-4-10-5-6/h6-7H,2-5H2,1H3. The maximum absolute atomic E-state index is 11.0. The third-order valence-electron chi connectivity index (χ3n) is 1.66. The summed E-state index contributed by atoms with van der Waals surface area (Å²) in [5.41, 5.74) is 0. The van der Waals surface area contributed by atoms with Crippen molar-refractivity contribution in [3.63, 3.8) is 0 Å². The zero-order chi connectivity index (χ0) is 8.32. The molecule has 5 heteroatoms. The van der Waals surface area contributed by atoms with Crippen LogP contribution in [0.1, 0.15) is 13.3 Å². The van der Waals surface area contributed by atoms with E-state index in [4.69, 9.17) is 4.74 Å². The molecule has 1 unspecified atom stereocenters. The van der Waals surface area contributed by atoms with Crippen LogP contribution in [0, 0.1) is 0 Å². The predicted molar refractivity (Wildman–Crippen MR) is 41.8 cm³/mol. The van der Waals surface area contributed by atoms with Gasteiger partial charge in [-0.25, -0.2) is 13.1 Å². The van der Waals surface area contributed by atoms with Crippen LogP contribution in [0.15, 0.2) is 0 Å². The van der Waals surface area contributed by atoms with Crippen LogP contribution in [0.3, 0.4) is 0 Å². The van der Waals surface area contributed by atoms with E-state index in [2.05, 4.69) is 4.72 Å². The molecule has 0 aromatic heterocycles.